The van der Waals surface area contributed by atoms with Gasteiger partial charge in [0.05, 0.1) is 34.5 Å². The standard InChI is InChI=1S/C23H21ClIN7O/c1-12-7-15(20-16(8-12)23(33)31(4)22-21(25)26-11-32(20)22)13(2)28-17-5-6-18(24)29-19(17)14-9-27-30(3)10-14/h5-11,13,28H,1-4H3. The van der Waals surface area contributed by atoms with Crippen molar-refractivity contribution in [2.45, 2.75) is 19.9 Å². The molecule has 0 fully saturated rings. The molecule has 1 aromatic carbocycles. The Morgan fingerprint density at radius 2 is 2.00 bits per heavy atom. The molecule has 0 bridgehead atoms. The minimum atomic E-state index is -0.138. The third-order valence-electron chi connectivity index (χ3n) is 5.75. The van der Waals surface area contributed by atoms with E-state index in [9.17, 15) is 4.79 Å². The molecule has 0 radical (unpaired) electrons. The highest BCUT2D eigenvalue weighted by atomic mass is 127. The molecule has 0 saturated heterocycles. The Labute approximate surface area is 208 Å². The first-order valence-corrected chi connectivity index (χ1v) is 11.8. The number of pyridine rings is 1. The highest BCUT2D eigenvalue weighted by Crippen LogP contribution is 2.33. The Bertz CT molecular complexity index is 1600. The third-order valence-corrected chi connectivity index (χ3v) is 6.73. The lowest BCUT2D eigenvalue weighted by molar-refractivity contribution is 0.768. The van der Waals surface area contributed by atoms with Gasteiger partial charge in [0, 0.05) is 25.9 Å². The van der Waals surface area contributed by atoms with Crippen LogP contribution in [0.4, 0.5) is 5.69 Å². The maximum absolute atomic E-state index is 13.2. The fourth-order valence-electron chi connectivity index (χ4n) is 4.26. The maximum atomic E-state index is 13.2. The Hall–Kier alpha value is -2.92. The fraction of sp³-hybridized carbons (Fsp3) is 0.217. The second-order valence-electron chi connectivity index (χ2n) is 8.14. The molecule has 0 aliphatic carbocycles. The average Bonchev–Trinajstić information content (AvgIpc) is 3.38. The first kappa shape index (κ1) is 21.9. The van der Waals surface area contributed by atoms with E-state index in [4.69, 9.17) is 11.6 Å². The van der Waals surface area contributed by atoms with Gasteiger partial charge in [-0.25, -0.2) is 9.97 Å². The summed E-state index contributed by atoms with van der Waals surface area (Å²) in [6, 6.07) is 7.59. The number of imidazole rings is 1. The summed E-state index contributed by atoms with van der Waals surface area (Å²) >= 11 is 8.37. The van der Waals surface area contributed by atoms with E-state index in [-0.39, 0.29) is 11.6 Å². The van der Waals surface area contributed by atoms with Crippen LogP contribution in [0.5, 0.6) is 0 Å². The number of hydrogen-bond donors (Lipinski definition) is 1. The van der Waals surface area contributed by atoms with E-state index in [1.807, 2.05) is 36.7 Å². The molecule has 4 aromatic heterocycles. The van der Waals surface area contributed by atoms with Crippen LogP contribution < -0.4 is 10.9 Å². The molecule has 33 heavy (non-hydrogen) atoms. The van der Waals surface area contributed by atoms with Crippen LogP contribution in [-0.2, 0) is 14.1 Å². The zero-order chi connectivity index (χ0) is 23.4. The smallest absolute Gasteiger partial charge is 0.261 e. The van der Waals surface area contributed by atoms with E-state index in [0.29, 0.717) is 10.5 Å². The number of nitrogens with one attached hydrogen (secondary N) is 1. The molecule has 0 saturated carbocycles. The summed E-state index contributed by atoms with van der Waals surface area (Å²) in [5, 5.41) is 8.92. The van der Waals surface area contributed by atoms with Gasteiger partial charge in [0.1, 0.15) is 15.2 Å². The number of aromatic nitrogens is 6. The van der Waals surface area contributed by atoms with Gasteiger partial charge in [-0.1, -0.05) is 17.7 Å². The predicted molar refractivity (Wildman–Crippen MR) is 139 cm³/mol. The Morgan fingerprint density at radius 1 is 1.21 bits per heavy atom. The van der Waals surface area contributed by atoms with Gasteiger partial charge in [-0.3, -0.25) is 18.4 Å². The minimum absolute atomic E-state index is 0.0442. The van der Waals surface area contributed by atoms with E-state index in [1.54, 1.807) is 34.9 Å². The zero-order valence-electron chi connectivity index (χ0n) is 18.5. The van der Waals surface area contributed by atoms with Crippen molar-refractivity contribution in [1.82, 2.24) is 28.7 Å². The molecule has 0 aliphatic rings. The molecule has 0 aliphatic heterocycles. The second-order valence-corrected chi connectivity index (χ2v) is 9.55. The summed E-state index contributed by atoms with van der Waals surface area (Å²) in [7, 11) is 3.64. The minimum Gasteiger partial charge on any atom is -0.377 e. The summed E-state index contributed by atoms with van der Waals surface area (Å²) in [4.78, 5) is 22.2. The number of nitrogens with zero attached hydrogens (tertiary/aromatic N) is 6. The Kier molecular flexibility index (Phi) is 5.40. The fourth-order valence-corrected chi connectivity index (χ4v) is 5.15. The highest BCUT2D eigenvalue weighted by Gasteiger charge is 2.20. The topological polar surface area (TPSA) is 82.0 Å². The van der Waals surface area contributed by atoms with Crippen LogP contribution in [0, 0.1) is 10.6 Å². The van der Waals surface area contributed by atoms with Crippen molar-refractivity contribution in [1.29, 1.82) is 0 Å². The summed E-state index contributed by atoms with van der Waals surface area (Å²) < 4.78 is 6.16. The molecule has 0 amide bonds. The molecule has 5 aromatic rings. The van der Waals surface area contributed by atoms with Crippen LogP contribution in [0.15, 0.2) is 47.8 Å². The van der Waals surface area contributed by atoms with Crippen LogP contribution in [-0.4, -0.2) is 28.7 Å². The molecule has 8 nitrogen and oxygen atoms in total. The van der Waals surface area contributed by atoms with Crippen LogP contribution in [0.1, 0.15) is 24.1 Å². The van der Waals surface area contributed by atoms with Gasteiger partial charge in [0.25, 0.3) is 5.56 Å². The quantitative estimate of drug-likeness (QED) is 0.249. The molecule has 1 unspecified atom stereocenters. The van der Waals surface area contributed by atoms with Gasteiger partial charge < -0.3 is 5.32 Å². The zero-order valence-corrected chi connectivity index (χ0v) is 21.4. The van der Waals surface area contributed by atoms with Gasteiger partial charge in [-0.15, -0.1) is 0 Å². The first-order chi connectivity index (χ1) is 15.7. The van der Waals surface area contributed by atoms with Gasteiger partial charge in [-0.2, -0.15) is 5.10 Å². The predicted octanol–water partition coefficient (Wildman–Crippen LogP) is 4.72. The van der Waals surface area contributed by atoms with Crippen LogP contribution in [0.25, 0.3) is 27.8 Å². The highest BCUT2D eigenvalue weighted by molar-refractivity contribution is 14.1. The van der Waals surface area contributed by atoms with E-state index < -0.39 is 0 Å². The number of anilines is 1. The maximum Gasteiger partial charge on any atom is 0.261 e. The molecular formula is C23H21ClIN7O. The summed E-state index contributed by atoms with van der Waals surface area (Å²) in [5.74, 6) is 0. The second kappa shape index (κ2) is 8.14. The number of hydrogen-bond acceptors (Lipinski definition) is 5. The van der Waals surface area contributed by atoms with Crippen molar-refractivity contribution < 1.29 is 0 Å². The number of halogens is 2. The summed E-state index contributed by atoms with van der Waals surface area (Å²) in [6.45, 7) is 4.07. The van der Waals surface area contributed by atoms with E-state index in [0.717, 1.165) is 42.9 Å². The Morgan fingerprint density at radius 3 is 2.73 bits per heavy atom. The van der Waals surface area contributed by atoms with E-state index >= 15 is 0 Å². The summed E-state index contributed by atoms with van der Waals surface area (Å²) in [5.41, 5.74) is 6.00. The van der Waals surface area contributed by atoms with Gasteiger partial charge in [-0.05, 0) is 65.8 Å². The lowest BCUT2D eigenvalue weighted by Gasteiger charge is -2.21. The molecule has 5 rings (SSSR count). The van der Waals surface area contributed by atoms with Gasteiger partial charge in [0.15, 0.2) is 5.65 Å². The lowest BCUT2D eigenvalue weighted by Crippen LogP contribution is -2.21. The Balaban J connectivity index is 1.69. The van der Waals surface area contributed by atoms with Crippen molar-refractivity contribution in [3.8, 4) is 11.3 Å². The normalized spacial score (nSPS) is 12.5. The third kappa shape index (κ3) is 3.68. The van der Waals surface area contributed by atoms with E-state index in [2.05, 4.69) is 56.0 Å². The average molecular weight is 574 g/mol. The molecular weight excluding hydrogens is 553 g/mol. The number of rotatable bonds is 4. The molecule has 1 atom stereocenters. The van der Waals surface area contributed by atoms with Gasteiger partial charge in [0.2, 0.25) is 0 Å². The van der Waals surface area contributed by atoms with Crippen molar-refractivity contribution in [2.24, 2.45) is 14.1 Å². The largest absolute Gasteiger partial charge is 0.377 e. The first-order valence-electron chi connectivity index (χ1n) is 10.3. The number of benzene rings is 1. The van der Waals surface area contributed by atoms with Crippen molar-refractivity contribution in [3.05, 3.63) is 73.3 Å². The van der Waals surface area contributed by atoms with E-state index in [1.165, 1.54) is 0 Å². The molecule has 0 spiro atoms. The monoisotopic (exact) mass is 573 g/mol. The van der Waals surface area contributed by atoms with Crippen LogP contribution >= 0.6 is 34.2 Å². The SMILES string of the molecule is Cc1cc(C(C)Nc2ccc(Cl)nc2-c2cnn(C)c2)c2c(c1)c(=O)n(C)c1c(I)ncn21. The summed E-state index contributed by atoms with van der Waals surface area (Å²) in [6.07, 6.45) is 5.43. The lowest BCUT2D eigenvalue weighted by atomic mass is 10.0. The molecule has 1 N–H and O–H groups in total. The molecule has 4 heterocycles. The number of fused-ring (bicyclic) bond motifs is 3. The van der Waals surface area contributed by atoms with Crippen LogP contribution in [0.3, 0.4) is 0 Å². The van der Waals surface area contributed by atoms with Gasteiger partial charge >= 0.3 is 0 Å². The van der Waals surface area contributed by atoms with Crippen LogP contribution in [0.2, 0.25) is 5.15 Å². The van der Waals surface area contributed by atoms with Crippen molar-refractivity contribution in [2.75, 3.05) is 5.32 Å². The van der Waals surface area contributed by atoms with Crippen molar-refractivity contribution >= 4 is 56.4 Å². The molecule has 168 valence electrons. The number of aryl methyl sites for hydroxylation is 3. The molecule has 10 heteroatoms. The van der Waals surface area contributed by atoms with Crippen molar-refractivity contribution in [3.63, 3.8) is 0 Å².